The van der Waals surface area contributed by atoms with E-state index in [1.54, 1.807) is 18.2 Å². The Bertz CT molecular complexity index is 713. The van der Waals surface area contributed by atoms with Gasteiger partial charge in [0.1, 0.15) is 0 Å². The average molecular weight is 362 g/mol. The van der Waals surface area contributed by atoms with Crippen LogP contribution >= 0.6 is 15.9 Å². The Hall–Kier alpha value is -2.14. The molecule has 0 aliphatic carbocycles. The Morgan fingerprint density at radius 2 is 1.86 bits per heavy atom. The average Bonchev–Trinajstić information content (AvgIpc) is 2.48. The van der Waals surface area contributed by atoms with E-state index in [2.05, 4.69) is 21.2 Å². The maximum absolute atomic E-state index is 11.9. The summed E-state index contributed by atoms with van der Waals surface area (Å²) in [7, 11) is 0. The summed E-state index contributed by atoms with van der Waals surface area (Å²) in [5.74, 6) is -0.886. The van der Waals surface area contributed by atoms with Crippen molar-refractivity contribution >= 4 is 33.5 Å². The zero-order valence-electron chi connectivity index (χ0n) is 12.4. The Morgan fingerprint density at radius 1 is 1.14 bits per heavy atom. The van der Waals surface area contributed by atoms with E-state index in [1.807, 2.05) is 38.1 Å². The topological polar surface area (TPSA) is 55.4 Å². The van der Waals surface area contributed by atoms with Gasteiger partial charge < -0.3 is 10.1 Å². The zero-order valence-corrected chi connectivity index (χ0v) is 13.9. The fourth-order valence-electron chi connectivity index (χ4n) is 1.92. The van der Waals surface area contributed by atoms with E-state index >= 15 is 0 Å². The number of nitrogens with one attached hydrogen (secondary N) is 1. The lowest BCUT2D eigenvalue weighted by atomic mass is 10.1. The molecule has 1 N–H and O–H groups in total. The molecule has 4 nitrogen and oxygen atoms in total. The first kappa shape index (κ1) is 16.2. The molecule has 0 bridgehead atoms. The molecule has 0 heterocycles. The van der Waals surface area contributed by atoms with Gasteiger partial charge in [-0.25, -0.2) is 4.79 Å². The van der Waals surface area contributed by atoms with E-state index in [-0.39, 0.29) is 12.5 Å². The minimum absolute atomic E-state index is 0.326. The lowest BCUT2D eigenvalue weighted by Crippen LogP contribution is -2.21. The number of aryl methyl sites for hydroxylation is 2. The third-order valence-electron chi connectivity index (χ3n) is 3.10. The second-order valence-electron chi connectivity index (χ2n) is 4.92. The molecular weight excluding hydrogens is 346 g/mol. The van der Waals surface area contributed by atoms with Crippen molar-refractivity contribution in [2.24, 2.45) is 0 Å². The maximum Gasteiger partial charge on any atom is 0.338 e. The number of hydrogen-bond acceptors (Lipinski definition) is 3. The highest BCUT2D eigenvalue weighted by Gasteiger charge is 2.12. The van der Waals surface area contributed by atoms with E-state index in [0.29, 0.717) is 11.3 Å². The van der Waals surface area contributed by atoms with Crippen molar-refractivity contribution < 1.29 is 14.3 Å². The van der Waals surface area contributed by atoms with Crippen LogP contribution in [-0.4, -0.2) is 18.5 Å². The predicted molar refractivity (Wildman–Crippen MR) is 89.0 cm³/mol. The largest absolute Gasteiger partial charge is 0.452 e. The van der Waals surface area contributed by atoms with Gasteiger partial charge in [0.25, 0.3) is 5.91 Å². The third kappa shape index (κ3) is 4.18. The Balaban J connectivity index is 1.93. The highest BCUT2D eigenvalue weighted by Crippen LogP contribution is 2.23. The fourth-order valence-corrected chi connectivity index (χ4v) is 2.51. The summed E-state index contributed by atoms with van der Waals surface area (Å²) >= 11 is 3.38. The summed E-state index contributed by atoms with van der Waals surface area (Å²) in [5, 5.41) is 2.70. The number of rotatable bonds is 4. The van der Waals surface area contributed by atoms with Crippen molar-refractivity contribution in [1.82, 2.24) is 0 Å². The van der Waals surface area contributed by atoms with Crippen LogP contribution in [0.3, 0.4) is 0 Å². The van der Waals surface area contributed by atoms with Gasteiger partial charge in [0.15, 0.2) is 6.61 Å². The first-order valence-corrected chi connectivity index (χ1v) is 7.55. The molecule has 0 fully saturated rings. The fraction of sp³-hybridized carbons (Fsp3) is 0.176. The van der Waals surface area contributed by atoms with Crippen LogP contribution in [0.15, 0.2) is 46.9 Å². The number of hydrogen-bond donors (Lipinski definition) is 1. The summed E-state index contributed by atoms with van der Waals surface area (Å²) in [4.78, 5) is 23.8. The molecule has 0 spiro atoms. The molecule has 5 heteroatoms. The van der Waals surface area contributed by atoms with Crippen molar-refractivity contribution in [2.75, 3.05) is 11.9 Å². The second-order valence-corrected chi connectivity index (χ2v) is 5.78. The van der Waals surface area contributed by atoms with Crippen LogP contribution in [0.5, 0.6) is 0 Å². The number of benzene rings is 2. The van der Waals surface area contributed by atoms with Gasteiger partial charge in [0, 0.05) is 4.47 Å². The lowest BCUT2D eigenvalue weighted by Gasteiger charge is -2.09. The SMILES string of the molecule is Cc1ccc(NC(=O)COC(=O)c2ccccc2C)c(Br)c1. The van der Waals surface area contributed by atoms with E-state index < -0.39 is 5.97 Å². The van der Waals surface area contributed by atoms with E-state index in [9.17, 15) is 9.59 Å². The van der Waals surface area contributed by atoms with Crippen LogP contribution < -0.4 is 5.32 Å². The summed E-state index contributed by atoms with van der Waals surface area (Å²) in [6.07, 6.45) is 0. The van der Waals surface area contributed by atoms with Crippen LogP contribution in [0, 0.1) is 13.8 Å². The number of ether oxygens (including phenoxy) is 1. The van der Waals surface area contributed by atoms with Crippen molar-refractivity contribution in [1.29, 1.82) is 0 Å². The number of amides is 1. The standard InChI is InChI=1S/C17H16BrNO3/c1-11-7-8-15(14(18)9-11)19-16(20)10-22-17(21)13-6-4-3-5-12(13)2/h3-9H,10H2,1-2H3,(H,19,20). The van der Waals surface area contributed by atoms with E-state index in [4.69, 9.17) is 4.74 Å². The molecule has 2 rings (SSSR count). The molecule has 0 saturated carbocycles. The Morgan fingerprint density at radius 3 is 2.55 bits per heavy atom. The van der Waals surface area contributed by atoms with Crippen molar-refractivity contribution in [3.8, 4) is 0 Å². The smallest absolute Gasteiger partial charge is 0.338 e. The van der Waals surface area contributed by atoms with Gasteiger partial charge >= 0.3 is 5.97 Å². The number of anilines is 1. The monoisotopic (exact) mass is 361 g/mol. The number of carbonyl (C=O) groups excluding carboxylic acids is 2. The summed E-state index contributed by atoms with van der Waals surface area (Å²) in [5.41, 5.74) is 3.00. The van der Waals surface area contributed by atoms with E-state index in [0.717, 1.165) is 15.6 Å². The van der Waals surface area contributed by atoms with Crippen LogP contribution in [0.4, 0.5) is 5.69 Å². The third-order valence-corrected chi connectivity index (χ3v) is 3.75. The van der Waals surface area contributed by atoms with Gasteiger partial charge in [-0.2, -0.15) is 0 Å². The Labute approximate surface area is 137 Å². The minimum atomic E-state index is -0.503. The van der Waals surface area contributed by atoms with Gasteiger partial charge in [-0.15, -0.1) is 0 Å². The molecule has 1 amide bonds. The zero-order chi connectivity index (χ0) is 16.1. The van der Waals surface area contributed by atoms with Gasteiger partial charge in [0.05, 0.1) is 11.3 Å². The van der Waals surface area contributed by atoms with E-state index in [1.165, 1.54) is 0 Å². The van der Waals surface area contributed by atoms with Gasteiger partial charge in [-0.1, -0.05) is 24.3 Å². The molecule has 0 unspecified atom stereocenters. The first-order chi connectivity index (χ1) is 10.5. The Kier molecular flexibility index (Phi) is 5.33. The van der Waals surface area contributed by atoms with Crippen LogP contribution in [-0.2, 0) is 9.53 Å². The highest BCUT2D eigenvalue weighted by molar-refractivity contribution is 9.10. The number of esters is 1. The molecule has 2 aromatic rings. The van der Waals surface area contributed by atoms with Crippen LogP contribution in [0.25, 0.3) is 0 Å². The maximum atomic E-state index is 11.9. The normalized spacial score (nSPS) is 10.1. The van der Waals surface area contributed by atoms with Crippen molar-refractivity contribution in [2.45, 2.75) is 13.8 Å². The van der Waals surface area contributed by atoms with Crippen molar-refractivity contribution in [3.63, 3.8) is 0 Å². The van der Waals surface area contributed by atoms with Gasteiger partial charge in [0.2, 0.25) is 0 Å². The molecule has 114 valence electrons. The predicted octanol–water partition coefficient (Wildman–Crippen LogP) is 3.86. The second kappa shape index (κ2) is 7.22. The van der Waals surface area contributed by atoms with Crippen LogP contribution in [0.1, 0.15) is 21.5 Å². The number of carbonyl (C=O) groups is 2. The van der Waals surface area contributed by atoms with Gasteiger partial charge in [-0.3, -0.25) is 4.79 Å². The molecule has 0 aliphatic heterocycles. The summed E-state index contributed by atoms with van der Waals surface area (Å²) in [6.45, 7) is 3.45. The van der Waals surface area contributed by atoms with Crippen LogP contribution in [0.2, 0.25) is 0 Å². The molecule has 0 aromatic heterocycles. The molecule has 0 saturated heterocycles. The summed E-state index contributed by atoms with van der Waals surface area (Å²) < 4.78 is 5.82. The lowest BCUT2D eigenvalue weighted by molar-refractivity contribution is -0.119. The number of halogens is 1. The molecule has 22 heavy (non-hydrogen) atoms. The summed E-state index contributed by atoms with van der Waals surface area (Å²) in [6, 6.07) is 12.7. The first-order valence-electron chi connectivity index (χ1n) is 6.76. The molecule has 0 atom stereocenters. The molecule has 0 radical (unpaired) electrons. The van der Waals surface area contributed by atoms with Gasteiger partial charge in [-0.05, 0) is 59.1 Å². The molecular formula is C17H16BrNO3. The molecule has 2 aromatic carbocycles. The quantitative estimate of drug-likeness (QED) is 0.841. The molecule has 0 aliphatic rings. The minimum Gasteiger partial charge on any atom is -0.452 e. The highest BCUT2D eigenvalue weighted by atomic mass is 79.9. The van der Waals surface area contributed by atoms with Crippen molar-refractivity contribution in [3.05, 3.63) is 63.6 Å².